The fourth-order valence-corrected chi connectivity index (χ4v) is 1.37. The first kappa shape index (κ1) is 15.6. The van der Waals surface area contributed by atoms with Crippen molar-refractivity contribution in [2.45, 2.75) is 32.2 Å². The van der Waals surface area contributed by atoms with Crippen LogP contribution in [0.25, 0.3) is 0 Å². The molecular formula is C11H22N4O2. The molecule has 0 aromatic carbocycles. The number of carbonyl (C=O) groups is 1. The van der Waals surface area contributed by atoms with Gasteiger partial charge in [0.1, 0.15) is 0 Å². The summed E-state index contributed by atoms with van der Waals surface area (Å²) in [6.07, 6.45) is 4.41. The Morgan fingerprint density at radius 1 is 1.53 bits per heavy atom. The zero-order valence-corrected chi connectivity index (χ0v) is 10.5. The number of hydrogen-bond acceptors (Lipinski definition) is 5. The third kappa shape index (κ3) is 8.38. The molecule has 6 nitrogen and oxygen atoms in total. The van der Waals surface area contributed by atoms with E-state index in [2.05, 4.69) is 17.0 Å². The van der Waals surface area contributed by atoms with E-state index in [1.165, 1.54) is 4.90 Å². The summed E-state index contributed by atoms with van der Waals surface area (Å²) in [6, 6.07) is 0.485. The van der Waals surface area contributed by atoms with E-state index < -0.39 is 0 Å². The Labute approximate surface area is 102 Å². The Balaban J connectivity index is 3.71. The minimum absolute atomic E-state index is 0.0873. The van der Waals surface area contributed by atoms with Gasteiger partial charge in [-0.1, -0.05) is 6.42 Å². The van der Waals surface area contributed by atoms with Crippen LogP contribution in [0.2, 0.25) is 0 Å². The van der Waals surface area contributed by atoms with Gasteiger partial charge in [-0.05, 0) is 26.8 Å². The van der Waals surface area contributed by atoms with Crippen LogP contribution in [0.5, 0.6) is 0 Å². The number of nitrogens with one attached hydrogen (secondary N) is 3. The maximum absolute atomic E-state index is 10.7. The molecule has 98 valence electrons. The van der Waals surface area contributed by atoms with Crippen molar-refractivity contribution in [1.82, 2.24) is 10.2 Å². The zero-order chi connectivity index (χ0) is 13.1. The lowest BCUT2D eigenvalue weighted by Gasteiger charge is -2.17. The van der Waals surface area contributed by atoms with Gasteiger partial charge in [-0.25, -0.2) is 0 Å². The Morgan fingerprint density at radius 3 is 2.76 bits per heavy atom. The number of carbonyl (C=O) groups excluding carboxylic acids is 1. The number of nitrogens with zero attached hydrogens (tertiary/aromatic N) is 1. The third-order valence-corrected chi connectivity index (χ3v) is 2.52. The summed E-state index contributed by atoms with van der Waals surface area (Å²) < 4.78 is 4.55. The quantitative estimate of drug-likeness (QED) is 0.229. The highest BCUT2D eigenvalue weighted by Crippen LogP contribution is 2.01. The molecule has 6 heteroatoms. The molecule has 0 aliphatic rings. The van der Waals surface area contributed by atoms with Crippen molar-refractivity contribution in [1.29, 1.82) is 10.8 Å². The Bertz CT molecular complexity index is 246. The summed E-state index contributed by atoms with van der Waals surface area (Å²) in [5.41, 5.74) is 0. The summed E-state index contributed by atoms with van der Waals surface area (Å²) in [5.74, 6) is -0.0873. The predicted molar refractivity (Wildman–Crippen MR) is 67.6 cm³/mol. The molecule has 1 unspecified atom stereocenters. The molecule has 0 aromatic heterocycles. The maximum Gasteiger partial charge on any atom is 0.210 e. The molecule has 3 N–H and O–H groups in total. The second kappa shape index (κ2) is 9.77. The van der Waals surface area contributed by atoms with Gasteiger partial charge in [0.05, 0.1) is 6.54 Å². The molecular weight excluding hydrogens is 220 g/mol. The topological polar surface area (TPSA) is 89.3 Å². The van der Waals surface area contributed by atoms with Gasteiger partial charge in [0, 0.05) is 12.6 Å². The van der Waals surface area contributed by atoms with Crippen molar-refractivity contribution >= 4 is 18.7 Å². The molecule has 1 atom stereocenters. The molecule has 0 spiro atoms. The molecule has 0 rings (SSSR count). The van der Waals surface area contributed by atoms with E-state index in [4.69, 9.17) is 10.8 Å². The van der Waals surface area contributed by atoms with Gasteiger partial charge in [0.2, 0.25) is 12.3 Å². The van der Waals surface area contributed by atoms with Crippen LogP contribution in [-0.2, 0) is 9.53 Å². The van der Waals surface area contributed by atoms with Crippen molar-refractivity contribution < 1.29 is 9.53 Å². The SMILES string of the molecule is CNC(C)CCCCN(C=O)CC(=N)OC=N. The van der Waals surface area contributed by atoms with Gasteiger partial charge >= 0.3 is 0 Å². The smallest absolute Gasteiger partial charge is 0.210 e. The van der Waals surface area contributed by atoms with Crippen LogP contribution >= 0.6 is 0 Å². The van der Waals surface area contributed by atoms with E-state index in [9.17, 15) is 4.79 Å². The average molecular weight is 242 g/mol. The minimum Gasteiger partial charge on any atom is -0.431 e. The normalized spacial score (nSPS) is 11.6. The molecule has 0 radical (unpaired) electrons. The Hall–Kier alpha value is -1.43. The number of ether oxygens (including phenoxy) is 1. The van der Waals surface area contributed by atoms with Gasteiger partial charge < -0.3 is 15.0 Å². The molecule has 0 heterocycles. The first-order valence-corrected chi connectivity index (χ1v) is 5.73. The summed E-state index contributed by atoms with van der Waals surface area (Å²) >= 11 is 0. The van der Waals surface area contributed by atoms with Crippen LogP contribution in [0.1, 0.15) is 26.2 Å². The van der Waals surface area contributed by atoms with E-state index in [1.54, 1.807) is 0 Å². The zero-order valence-electron chi connectivity index (χ0n) is 10.5. The van der Waals surface area contributed by atoms with Crippen molar-refractivity contribution in [2.75, 3.05) is 20.1 Å². The van der Waals surface area contributed by atoms with Crippen LogP contribution in [0.15, 0.2) is 0 Å². The predicted octanol–water partition coefficient (Wildman–Crippen LogP) is 0.824. The van der Waals surface area contributed by atoms with E-state index >= 15 is 0 Å². The van der Waals surface area contributed by atoms with Gasteiger partial charge in [-0.3, -0.25) is 15.6 Å². The molecule has 0 aliphatic heterocycles. The standard InChI is InChI=1S/C11H22N4O2/c1-10(14-2)5-3-4-6-15(9-16)7-11(13)17-8-12/h8-10,12-14H,3-7H2,1-2H3. The first-order valence-electron chi connectivity index (χ1n) is 5.73. The summed E-state index contributed by atoms with van der Waals surface area (Å²) in [5, 5.41) is 17.1. The van der Waals surface area contributed by atoms with Crippen LogP contribution in [0.4, 0.5) is 0 Å². The average Bonchev–Trinajstić information content (AvgIpc) is 2.32. The van der Waals surface area contributed by atoms with Gasteiger partial charge in [-0.15, -0.1) is 0 Å². The van der Waals surface area contributed by atoms with Crippen molar-refractivity contribution in [3.63, 3.8) is 0 Å². The molecule has 17 heavy (non-hydrogen) atoms. The van der Waals surface area contributed by atoms with E-state index in [0.717, 1.165) is 19.3 Å². The van der Waals surface area contributed by atoms with E-state index in [-0.39, 0.29) is 12.4 Å². The van der Waals surface area contributed by atoms with Crippen LogP contribution in [0, 0.1) is 10.8 Å². The highest BCUT2D eigenvalue weighted by molar-refractivity contribution is 5.82. The Morgan fingerprint density at radius 2 is 2.24 bits per heavy atom. The molecule has 0 aromatic rings. The molecule has 0 saturated carbocycles. The monoisotopic (exact) mass is 242 g/mol. The minimum atomic E-state index is -0.0873. The van der Waals surface area contributed by atoms with Crippen LogP contribution < -0.4 is 5.32 Å². The van der Waals surface area contributed by atoms with Gasteiger partial charge in [-0.2, -0.15) is 0 Å². The summed E-state index contributed by atoms with van der Waals surface area (Å²) in [6.45, 7) is 2.86. The molecule has 0 aliphatic carbocycles. The molecule has 1 amide bonds. The summed E-state index contributed by atoms with van der Waals surface area (Å²) in [4.78, 5) is 12.2. The third-order valence-electron chi connectivity index (χ3n) is 2.52. The highest BCUT2D eigenvalue weighted by atomic mass is 16.5. The molecule has 0 bridgehead atoms. The van der Waals surface area contributed by atoms with E-state index in [0.29, 0.717) is 25.4 Å². The van der Waals surface area contributed by atoms with Crippen molar-refractivity contribution in [3.8, 4) is 0 Å². The second-order valence-corrected chi connectivity index (χ2v) is 3.92. The summed E-state index contributed by atoms with van der Waals surface area (Å²) in [7, 11) is 1.93. The first-order chi connectivity index (χ1) is 8.13. The lowest BCUT2D eigenvalue weighted by Crippen LogP contribution is -2.30. The van der Waals surface area contributed by atoms with Crippen LogP contribution in [-0.4, -0.2) is 49.8 Å². The second-order valence-electron chi connectivity index (χ2n) is 3.92. The van der Waals surface area contributed by atoms with Gasteiger partial charge in [0.15, 0.2) is 6.40 Å². The highest BCUT2D eigenvalue weighted by Gasteiger charge is 2.06. The maximum atomic E-state index is 10.7. The van der Waals surface area contributed by atoms with Gasteiger partial charge in [0.25, 0.3) is 0 Å². The lowest BCUT2D eigenvalue weighted by molar-refractivity contribution is -0.117. The van der Waals surface area contributed by atoms with Crippen LogP contribution in [0.3, 0.4) is 0 Å². The largest absolute Gasteiger partial charge is 0.431 e. The lowest BCUT2D eigenvalue weighted by atomic mass is 10.1. The fourth-order valence-electron chi connectivity index (χ4n) is 1.37. The number of unbranched alkanes of at least 4 members (excludes halogenated alkanes) is 1. The number of rotatable bonds is 10. The fraction of sp³-hybridized carbons (Fsp3) is 0.727. The van der Waals surface area contributed by atoms with E-state index in [1.807, 2.05) is 7.05 Å². The van der Waals surface area contributed by atoms with Crippen molar-refractivity contribution in [3.05, 3.63) is 0 Å². The molecule has 0 fully saturated rings. The number of amides is 1. The molecule has 0 saturated heterocycles. The van der Waals surface area contributed by atoms with Crippen molar-refractivity contribution in [2.24, 2.45) is 0 Å². The Kier molecular flexibility index (Phi) is 8.95. The number of hydrogen-bond donors (Lipinski definition) is 3.